The monoisotopic (exact) mass is 285 g/mol. The second kappa shape index (κ2) is 4.72. The number of nitrogens with one attached hydrogen (secondary N) is 1. The van der Waals surface area contributed by atoms with Gasteiger partial charge in [-0.25, -0.2) is 8.42 Å². The highest BCUT2D eigenvalue weighted by Crippen LogP contribution is 2.14. The lowest BCUT2D eigenvalue weighted by Gasteiger charge is -2.02. The molecule has 0 aliphatic heterocycles. The molecule has 2 heterocycles. The summed E-state index contributed by atoms with van der Waals surface area (Å²) in [5.41, 5.74) is 0.313. The SMILES string of the molecule is Cn1cc(NS(=O)(=O)c2cnn(CC(=O)O)c2)cn1. The van der Waals surface area contributed by atoms with E-state index in [1.807, 2.05) is 0 Å². The van der Waals surface area contributed by atoms with Gasteiger partial charge in [-0.05, 0) is 0 Å². The van der Waals surface area contributed by atoms with Gasteiger partial charge in [-0.15, -0.1) is 0 Å². The maximum Gasteiger partial charge on any atom is 0.325 e. The molecule has 0 atom stereocenters. The van der Waals surface area contributed by atoms with Crippen molar-refractivity contribution in [3.8, 4) is 0 Å². The number of nitrogens with zero attached hydrogens (tertiary/aromatic N) is 4. The molecule has 0 aliphatic carbocycles. The Morgan fingerprint density at radius 2 is 2.11 bits per heavy atom. The zero-order valence-corrected chi connectivity index (χ0v) is 10.7. The lowest BCUT2D eigenvalue weighted by Crippen LogP contribution is -2.12. The van der Waals surface area contributed by atoms with Gasteiger partial charge >= 0.3 is 5.97 Å². The van der Waals surface area contributed by atoms with E-state index in [2.05, 4.69) is 14.9 Å². The molecule has 0 aliphatic rings. The number of rotatable bonds is 5. The van der Waals surface area contributed by atoms with Crippen LogP contribution in [-0.2, 0) is 28.4 Å². The van der Waals surface area contributed by atoms with Gasteiger partial charge in [0, 0.05) is 19.4 Å². The molecule has 2 N–H and O–H groups in total. The van der Waals surface area contributed by atoms with Crippen molar-refractivity contribution in [2.75, 3.05) is 4.72 Å². The minimum Gasteiger partial charge on any atom is -0.480 e. The third-order valence-electron chi connectivity index (χ3n) is 2.17. The molecule has 0 amide bonds. The van der Waals surface area contributed by atoms with Crippen LogP contribution < -0.4 is 4.72 Å². The Morgan fingerprint density at radius 3 is 2.68 bits per heavy atom. The molecule has 19 heavy (non-hydrogen) atoms. The summed E-state index contributed by atoms with van der Waals surface area (Å²) in [6.07, 6.45) is 5.09. The first-order valence-corrected chi connectivity index (χ1v) is 6.61. The maximum atomic E-state index is 12.0. The number of aromatic nitrogens is 4. The van der Waals surface area contributed by atoms with Crippen LogP contribution in [0.1, 0.15) is 0 Å². The second-order valence-electron chi connectivity index (χ2n) is 3.78. The molecule has 9 nitrogen and oxygen atoms in total. The van der Waals surface area contributed by atoms with Crippen LogP contribution in [0.3, 0.4) is 0 Å². The van der Waals surface area contributed by atoms with Crippen molar-refractivity contribution in [1.29, 1.82) is 0 Å². The van der Waals surface area contributed by atoms with E-state index in [1.165, 1.54) is 17.1 Å². The Balaban J connectivity index is 2.19. The molecule has 0 spiro atoms. The Kier molecular flexibility index (Phi) is 3.25. The fourth-order valence-electron chi connectivity index (χ4n) is 1.40. The van der Waals surface area contributed by atoms with E-state index in [0.717, 1.165) is 17.1 Å². The van der Waals surface area contributed by atoms with Crippen LogP contribution in [0.5, 0.6) is 0 Å². The Bertz CT molecular complexity index is 702. The summed E-state index contributed by atoms with van der Waals surface area (Å²) in [7, 11) is -2.14. The first-order chi connectivity index (χ1) is 8.87. The van der Waals surface area contributed by atoms with Crippen LogP contribution in [0.2, 0.25) is 0 Å². The van der Waals surface area contributed by atoms with Crippen LogP contribution in [0.4, 0.5) is 5.69 Å². The molecule has 2 rings (SSSR count). The van der Waals surface area contributed by atoms with Gasteiger partial charge in [0.25, 0.3) is 10.0 Å². The van der Waals surface area contributed by atoms with Crippen LogP contribution in [0, 0.1) is 0 Å². The van der Waals surface area contributed by atoms with Gasteiger partial charge < -0.3 is 5.11 Å². The zero-order valence-electron chi connectivity index (χ0n) is 9.89. The van der Waals surface area contributed by atoms with Gasteiger partial charge in [0.1, 0.15) is 11.4 Å². The fourth-order valence-corrected chi connectivity index (χ4v) is 2.38. The number of carboxylic acid groups (broad SMARTS) is 1. The Morgan fingerprint density at radius 1 is 1.37 bits per heavy atom. The van der Waals surface area contributed by atoms with Gasteiger partial charge in [0.2, 0.25) is 0 Å². The third-order valence-corrected chi connectivity index (χ3v) is 3.51. The largest absolute Gasteiger partial charge is 0.480 e. The van der Waals surface area contributed by atoms with Crippen LogP contribution in [-0.4, -0.2) is 39.1 Å². The van der Waals surface area contributed by atoms with E-state index in [1.54, 1.807) is 7.05 Å². The normalized spacial score (nSPS) is 11.4. The average molecular weight is 285 g/mol. The Labute approximate surface area is 108 Å². The summed E-state index contributed by atoms with van der Waals surface area (Å²) in [4.78, 5) is 10.4. The number of sulfonamides is 1. The maximum absolute atomic E-state index is 12.0. The number of anilines is 1. The van der Waals surface area contributed by atoms with Gasteiger partial charge in [-0.3, -0.25) is 18.9 Å². The summed E-state index contributed by atoms with van der Waals surface area (Å²) in [5.74, 6) is -1.10. The van der Waals surface area contributed by atoms with Crippen molar-refractivity contribution in [3.63, 3.8) is 0 Å². The molecule has 0 bridgehead atoms. The number of hydrogen-bond donors (Lipinski definition) is 2. The van der Waals surface area contributed by atoms with Crippen molar-refractivity contribution < 1.29 is 18.3 Å². The van der Waals surface area contributed by atoms with E-state index in [0.29, 0.717) is 5.69 Å². The van der Waals surface area contributed by atoms with Crippen molar-refractivity contribution >= 4 is 21.7 Å². The molecule has 0 saturated heterocycles. The minimum absolute atomic E-state index is 0.113. The quantitative estimate of drug-likeness (QED) is 0.764. The third kappa shape index (κ3) is 3.10. The summed E-state index contributed by atoms with van der Waals surface area (Å²) in [6, 6.07) is 0. The van der Waals surface area contributed by atoms with Crippen molar-refractivity contribution in [2.45, 2.75) is 11.4 Å². The molecule has 0 fully saturated rings. The molecule has 0 radical (unpaired) electrons. The van der Waals surface area contributed by atoms with E-state index in [-0.39, 0.29) is 4.90 Å². The summed E-state index contributed by atoms with van der Waals surface area (Å²) >= 11 is 0. The smallest absolute Gasteiger partial charge is 0.325 e. The minimum atomic E-state index is -3.79. The first kappa shape index (κ1) is 13.1. The number of carbonyl (C=O) groups is 1. The van der Waals surface area contributed by atoms with E-state index >= 15 is 0 Å². The number of aryl methyl sites for hydroxylation is 1. The van der Waals surface area contributed by atoms with Crippen molar-refractivity contribution in [3.05, 3.63) is 24.8 Å². The lowest BCUT2D eigenvalue weighted by molar-refractivity contribution is -0.137. The first-order valence-electron chi connectivity index (χ1n) is 5.12. The van der Waals surface area contributed by atoms with Crippen molar-refractivity contribution in [2.24, 2.45) is 7.05 Å². The predicted molar refractivity (Wildman–Crippen MR) is 63.9 cm³/mol. The van der Waals surface area contributed by atoms with Crippen LogP contribution in [0.15, 0.2) is 29.7 Å². The molecule has 2 aromatic heterocycles. The van der Waals surface area contributed by atoms with Crippen LogP contribution >= 0.6 is 0 Å². The second-order valence-corrected chi connectivity index (χ2v) is 5.46. The van der Waals surface area contributed by atoms with Gasteiger partial charge in [-0.2, -0.15) is 10.2 Å². The van der Waals surface area contributed by atoms with Gasteiger partial charge in [-0.1, -0.05) is 0 Å². The molecule has 102 valence electrons. The number of hydrogen-bond acceptors (Lipinski definition) is 5. The standard InChI is InChI=1S/C9H11N5O4S/c1-13-4-7(2-10-13)12-19(17,18)8-3-11-14(5-8)6-9(15)16/h2-5,12H,6H2,1H3,(H,15,16). The number of aliphatic carboxylic acids is 1. The van der Waals surface area contributed by atoms with Gasteiger partial charge in [0.05, 0.1) is 18.1 Å². The topological polar surface area (TPSA) is 119 Å². The highest BCUT2D eigenvalue weighted by atomic mass is 32.2. The number of carboxylic acids is 1. The summed E-state index contributed by atoms with van der Waals surface area (Å²) < 4.78 is 28.7. The Hall–Kier alpha value is -2.36. The fraction of sp³-hybridized carbons (Fsp3) is 0.222. The lowest BCUT2D eigenvalue weighted by atomic mass is 10.6. The molecule has 0 saturated carbocycles. The van der Waals surface area contributed by atoms with Crippen molar-refractivity contribution in [1.82, 2.24) is 19.6 Å². The molecular formula is C9H11N5O4S. The summed E-state index contributed by atoms with van der Waals surface area (Å²) in [5, 5.41) is 16.1. The van der Waals surface area contributed by atoms with Gasteiger partial charge in [0.15, 0.2) is 0 Å². The highest BCUT2D eigenvalue weighted by Gasteiger charge is 2.17. The van der Waals surface area contributed by atoms with Crippen LogP contribution in [0.25, 0.3) is 0 Å². The van der Waals surface area contributed by atoms with E-state index < -0.39 is 22.5 Å². The molecule has 0 aromatic carbocycles. The summed E-state index contributed by atoms with van der Waals surface area (Å²) in [6.45, 7) is -0.400. The van der Waals surface area contributed by atoms with E-state index in [9.17, 15) is 13.2 Å². The molecule has 2 aromatic rings. The van der Waals surface area contributed by atoms with E-state index in [4.69, 9.17) is 5.11 Å². The predicted octanol–water partition coefficient (Wildman–Crippen LogP) is -0.498. The molecule has 10 heteroatoms. The molecular weight excluding hydrogens is 274 g/mol. The molecule has 0 unspecified atom stereocenters. The highest BCUT2D eigenvalue weighted by molar-refractivity contribution is 7.92. The average Bonchev–Trinajstić information content (AvgIpc) is 2.87. The zero-order chi connectivity index (χ0) is 14.0.